The van der Waals surface area contributed by atoms with Crippen molar-refractivity contribution >= 4 is 11.9 Å². The van der Waals surface area contributed by atoms with Gasteiger partial charge in [0.1, 0.15) is 5.75 Å². The van der Waals surface area contributed by atoms with Gasteiger partial charge < -0.3 is 20.3 Å². The second-order valence-electron chi connectivity index (χ2n) is 9.35. The quantitative estimate of drug-likeness (QED) is 0.778. The van der Waals surface area contributed by atoms with Gasteiger partial charge in [0.2, 0.25) is 5.91 Å². The number of fused-ring (bicyclic) bond motifs is 1. The van der Waals surface area contributed by atoms with E-state index in [9.17, 15) is 9.59 Å². The molecule has 1 heterocycles. The fraction of sp³-hybridized carbons (Fsp3) is 0.440. The molecule has 2 N–H and O–H groups in total. The van der Waals surface area contributed by atoms with Crippen molar-refractivity contribution in [3.8, 4) is 5.75 Å². The van der Waals surface area contributed by atoms with Crippen LogP contribution in [0.15, 0.2) is 48.5 Å². The summed E-state index contributed by atoms with van der Waals surface area (Å²) < 4.78 is 5.15. The molecule has 3 aliphatic rings. The largest absolute Gasteiger partial charge is 0.497 e. The van der Waals surface area contributed by atoms with E-state index in [4.69, 9.17) is 4.74 Å². The van der Waals surface area contributed by atoms with Crippen LogP contribution in [0.2, 0.25) is 0 Å². The van der Waals surface area contributed by atoms with Gasteiger partial charge in [-0.2, -0.15) is 0 Å². The van der Waals surface area contributed by atoms with Crippen molar-refractivity contribution in [1.29, 1.82) is 0 Å². The van der Waals surface area contributed by atoms with Crippen LogP contribution in [0.25, 0.3) is 0 Å². The Balaban J connectivity index is 1.02. The van der Waals surface area contributed by atoms with Gasteiger partial charge in [-0.05, 0) is 59.9 Å². The van der Waals surface area contributed by atoms with Crippen molar-refractivity contribution in [3.63, 3.8) is 0 Å². The molecule has 1 aliphatic heterocycles. The number of hydrogen-bond acceptors (Lipinski definition) is 3. The predicted octanol–water partition coefficient (Wildman–Crippen LogP) is 3.60. The van der Waals surface area contributed by atoms with Gasteiger partial charge >= 0.3 is 6.03 Å². The Bertz CT molecular complexity index is 949. The molecule has 31 heavy (non-hydrogen) atoms. The molecule has 6 heteroatoms. The molecule has 0 bridgehead atoms. The molecule has 2 aromatic rings. The third kappa shape index (κ3) is 3.99. The minimum absolute atomic E-state index is 0.127. The number of ether oxygens (including phenoxy) is 1. The van der Waals surface area contributed by atoms with Crippen LogP contribution in [0.5, 0.6) is 5.75 Å². The minimum atomic E-state index is -0.127. The maximum absolute atomic E-state index is 12.9. The Morgan fingerprint density at radius 3 is 2.26 bits per heavy atom. The molecular weight excluding hydrogens is 390 g/mol. The zero-order chi connectivity index (χ0) is 21.4. The maximum atomic E-state index is 12.9. The second kappa shape index (κ2) is 7.91. The molecule has 2 saturated carbocycles. The second-order valence-corrected chi connectivity index (χ2v) is 9.35. The highest BCUT2D eigenvalue weighted by Crippen LogP contribution is 2.59. The average molecular weight is 420 g/mol. The molecule has 0 saturated heterocycles. The molecule has 2 aliphatic carbocycles. The van der Waals surface area contributed by atoms with Gasteiger partial charge in [0.15, 0.2) is 0 Å². The first-order valence-electron chi connectivity index (χ1n) is 11.1. The Morgan fingerprint density at radius 1 is 1.00 bits per heavy atom. The van der Waals surface area contributed by atoms with Gasteiger partial charge in [-0.15, -0.1) is 0 Å². The predicted molar refractivity (Wildman–Crippen MR) is 117 cm³/mol. The summed E-state index contributed by atoms with van der Waals surface area (Å²) in [7, 11) is 1.64. The van der Waals surface area contributed by atoms with E-state index >= 15 is 0 Å². The Labute approximate surface area is 183 Å². The van der Waals surface area contributed by atoms with Crippen LogP contribution in [0.1, 0.15) is 42.4 Å². The number of carbonyl (C=O) groups excluding carboxylic acids is 2. The summed E-state index contributed by atoms with van der Waals surface area (Å²) in [5, 5.41) is 5.99. The number of methoxy groups -OCH3 is 1. The van der Waals surface area contributed by atoms with Gasteiger partial charge in [0.25, 0.3) is 0 Å². The van der Waals surface area contributed by atoms with Crippen LogP contribution in [-0.2, 0) is 24.4 Å². The van der Waals surface area contributed by atoms with E-state index in [0.29, 0.717) is 12.5 Å². The zero-order valence-electron chi connectivity index (χ0n) is 17.9. The molecule has 0 aromatic heterocycles. The molecule has 2 aromatic carbocycles. The van der Waals surface area contributed by atoms with Crippen molar-refractivity contribution in [2.24, 2.45) is 11.3 Å². The van der Waals surface area contributed by atoms with Crippen LogP contribution >= 0.6 is 0 Å². The van der Waals surface area contributed by atoms with Crippen LogP contribution < -0.4 is 15.4 Å². The lowest BCUT2D eigenvalue weighted by atomic mass is 9.50. The van der Waals surface area contributed by atoms with Crippen molar-refractivity contribution in [2.75, 3.05) is 7.11 Å². The third-order valence-electron chi connectivity index (χ3n) is 7.17. The maximum Gasteiger partial charge on any atom is 0.315 e. The summed E-state index contributed by atoms with van der Waals surface area (Å²) >= 11 is 0. The molecule has 3 amide bonds. The van der Waals surface area contributed by atoms with E-state index in [0.717, 1.165) is 50.1 Å². The van der Waals surface area contributed by atoms with Crippen molar-refractivity contribution < 1.29 is 14.3 Å². The van der Waals surface area contributed by atoms with Gasteiger partial charge in [-0.3, -0.25) is 4.79 Å². The molecule has 5 rings (SSSR count). The zero-order valence-corrected chi connectivity index (χ0v) is 17.9. The summed E-state index contributed by atoms with van der Waals surface area (Å²) in [6.45, 7) is 1.98. The molecule has 1 spiro atoms. The number of rotatable bonds is 5. The standard InChI is InChI=1S/C25H29N3O3/c1-31-22-8-6-17(7-9-22)14-26-24(30)27-21-12-25(13-21)10-20(11-25)23(29)28-15-18-4-2-3-5-19(18)16-28/h2-9,20-21H,10-16H2,1H3,(H2,26,27,30). The molecule has 6 nitrogen and oxygen atoms in total. The van der Waals surface area contributed by atoms with Gasteiger partial charge in [-0.25, -0.2) is 4.79 Å². The molecule has 162 valence electrons. The number of amides is 3. The number of nitrogens with one attached hydrogen (secondary N) is 2. The fourth-order valence-corrected chi connectivity index (χ4v) is 5.49. The number of nitrogens with zero attached hydrogens (tertiary/aromatic N) is 1. The summed E-state index contributed by atoms with van der Waals surface area (Å²) in [6.07, 6.45) is 3.88. The number of hydrogen-bond donors (Lipinski definition) is 2. The van der Waals surface area contributed by atoms with Gasteiger partial charge in [0, 0.05) is 31.6 Å². The summed E-state index contributed by atoms with van der Waals surface area (Å²) in [6, 6.07) is 16.1. The lowest BCUT2D eigenvalue weighted by molar-refractivity contribution is -0.149. The Hall–Kier alpha value is -3.02. The topological polar surface area (TPSA) is 70.7 Å². The molecular formula is C25H29N3O3. The minimum Gasteiger partial charge on any atom is -0.497 e. The SMILES string of the molecule is COc1ccc(CNC(=O)NC2CC3(C2)CC(C(=O)N2Cc4ccccc4C2)C3)cc1. The molecule has 0 unspecified atom stereocenters. The highest BCUT2D eigenvalue weighted by molar-refractivity contribution is 5.81. The first-order valence-corrected chi connectivity index (χ1v) is 11.1. The average Bonchev–Trinajstić information content (AvgIpc) is 3.17. The smallest absolute Gasteiger partial charge is 0.315 e. The summed E-state index contributed by atoms with van der Waals surface area (Å²) in [4.78, 5) is 27.1. The Morgan fingerprint density at radius 2 is 1.65 bits per heavy atom. The fourth-order valence-electron chi connectivity index (χ4n) is 5.49. The normalized spacial score (nSPS) is 25.9. The number of urea groups is 1. The van der Waals surface area contributed by atoms with E-state index in [1.807, 2.05) is 41.3 Å². The summed E-state index contributed by atoms with van der Waals surface area (Å²) in [5.74, 6) is 1.26. The molecule has 0 radical (unpaired) electrons. The first kappa shape index (κ1) is 19.9. The van der Waals surface area contributed by atoms with E-state index in [2.05, 4.69) is 22.8 Å². The van der Waals surface area contributed by atoms with Crippen molar-refractivity contribution in [1.82, 2.24) is 15.5 Å². The van der Waals surface area contributed by atoms with Crippen LogP contribution in [-0.4, -0.2) is 30.0 Å². The van der Waals surface area contributed by atoms with Gasteiger partial charge in [-0.1, -0.05) is 36.4 Å². The van der Waals surface area contributed by atoms with Crippen LogP contribution in [0.4, 0.5) is 4.79 Å². The monoisotopic (exact) mass is 419 g/mol. The van der Waals surface area contributed by atoms with E-state index in [-0.39, 0.29) is 23.4 Å². The van der Waals surface area contributed by atoms with Crippen molar-refractivity contribution in [2.45, 2.75) is 51.4 Å². The van der Waals surface area contributed by atoms with Crippen LogP contribution in [0.3, 0.4) is 0 Å². The first-order chi connectivity index (χ1) is 15.0. The lowest BCUT2D eigenvalue weighted by Gasteiger charge is -2.57. The van der Waals surface area contributed by atoms with Gasteiger partial charge in [0.05, 0.1) is 7.11 Å². The van der Waals surface area contributed by atoms with E-state index < -0.39 is 0 Å². The number of carbonyl (C=O) groups is 2. The van der Waals surface area contributed by atoms with E-state index in [1.165, 1.54) is 11.1 Å². The highest BCUT2D eigenvalue weighted by Gasteiger charge is 2.55. The van der Waals surface area contributed by atoms with E-state index in [1.54, 1.807) is 7.11 Å². The molecule has 2 fully saturated rings. The Kier molecular flexibility index (Phi) is 5.08. The lowest BCUT2D eigenvalue weighted by Crippen LogP contribution is -2.59. The highest BCUT2D eigenvalue weighted by atomic mass is 16.5. The molecule has 0 atom stereocenters. The van der Waals surface area contributed by atoms with Crippen LogP contribution in [0, 0.1) is 11.3 Å². The number of benzene rings is 2. The van der Waals surface area contributed by atoms with Crippen molar-refractivity contribution in [3.05, 3.63) is 65.2 Å². The third-order valence-corrected chi connectivity index (χ3v) is 7.17. The summed E-state index contributed by atoms with van der Waals surface area (Å²) in [5.41, 5.74) is 3.85.